The number of aliphatic hydroxyl groups excluding tert-OH is 1. The molecule has 8 nitrogen and oxygen atoms in total. The molecular formula is C65H131N2O6P. The van der Waals surface area contributed by atoms with Crippen molar-refractivity contribution < 1.29 is 32.9 Å². The first-order valence-electron chi connectivity index (χ1n) is 33.1. The average Bonchev–Trinajstić information content (AvgIpc) is 3.36. The number of phosphoric acid groups is 1. The Morgan fingerprint density at radius 2 is 0.730 bits per heavy atom. The van der Waals surface area contributed by atoms with E-state index in [1.54, 1.807) is 6.08 Å². The summed E-state index contributed by atoms with van der Waals surface area (Å²) < 4.78 is 23.4. The van der Waals surface area contributed by atoms with Gasteiger partial charge in [0.25, 0.3) is 7.82 Å². The number of rotatable bonds is 62. The molecule has 0 saturated carbocycles. The van der Waals surface area contributed by atoms with Gasteiger partial charge in [0.1, 0.15) is 13.2 Å². The van der Waals surface area contributed by atoms with E-state index in [0.717, 1.165) is 38.5 Å². The van der Waals surface area contributed by atoms with Gasteiger partial charge in [-0.15, -0.1) is 0 Å². The van der Waals surface area contributed by atoms with Crippen molar-refractivity contribution in [2.24, 2.45) is 0 Å². The molecule has 0 aromatic heterocycles. The minimum Gasteiger partial charge on any atom is -0.756 e. The minimum atomic E-state index is -4.59. The van der Waals surface area contributed by atoms with Crippen LogP contribution in [0.1, 0.15) is 348 Å². The highest BCUT2D eigenvalue weighted by atomic mass is 31.2. The molecule has 442 valence electrons. The summed E-state index contributed by atoms with van der Waals surface area (Å²) in [6.45, 7) is 4.70. The molecule has 0 bridgehead atoms. The van der Waals surface area contributed by atoms with Crippen LogP contribution in [-0.4, -0.2) is 68.5 Å². The van der Waals surface area contributed by atoms with Crippen LogP contribution in [0.3, 0.4) is 0 Å². The summed E-state index contributed by atoms with van der Waals surface area (Å²) in [7, 11) is 1.28. The molecule has 0 aliphatic rings. The van der Waals surface area contributed by atoms with Crippen molar-refractivity contribution >= 4 is 13.7 Å². The zero-order chi connectivity index (χ0) is 54.2. The smallest absolute Gasteiger partial charge is 0.268 e. The highest BCUT2D eigenvalue weighted by Gasteiger charge is 2.23. The second kappa shape index (κ2) is 56.9. The lowest BCUT2D eigenvalue weighted by Crippen LogP contribution is -2.45. The molecule has 3 atom stereocenters. The molecule has 0 rings (SSSR count). The third-order valence-electron chi connectivity index (χ3n) is 15.5. The lowest BCUT2D eigenvalue weighted by atomic mass is 10.0. The van der Waals surface area contributed by atoms with Crippen molar-refractivity contribution in [1.29, 1.82) is 0 Å². The van der Waals surface area contributed by atoms with Crippen molar-refractivity contribution in [2.45, 2.75) is 360 Å². The van der Waals surface area contributed by atoms with E-state index in [0.29, 0.717) is 17.4 Å². The van der Waals surface area contributed by atoms with Crippen LogP contribution in [0.2, 0.25) is 0 Å². The van der Waals surface area contributed by atoms with Gasteiger partial charge in [0.2, 0.25) is 5.91 Å². The highest BCUT2D eigenvalue weighted by Crippen LogP contribution is 2.38. The van der Waals surface area contributed by atoms with E-state index in [9.17, 15) is 19.4 Å². The van der Waals surface area contributed by atoms with Crippen LogP contribution in [0.15, 0.2) is 12.2 Å². The SMILES string of the molecule is CCCCCCCCCCCCCC/C=C/C(O)C(COP(=O)([O-])OCC[N+](C)(C)C)NC(=O)CCCCCCCCCCCCCCCCCCCCCCCCCCCCCCCCCCCCCCCC. The number of carbonyl (C=O) groups is 1. The zero-order valence-corrected chi connectivity index (χ0v) is 51.5. The number of hydrogen-bond donors (Lipinski definition) is 2. The van der Waals surface area contributed by atoms with Crippen molar-refractivity contribution in [3.63, 3.8) is 0 Å². The third-order valence-corrected chi connectivity index (χ3v) is 16.5. The summed E-state index contributed by atoms with van der Waals surface area (Å²) in [4.78, 5) is 25.5. The highest BCUT2D eigenvalue weighted by molar-refractivity contribution is 7.45. The fourth-order valence-corrected chi connectivity index (χ4v) is 11.1. The molecule has 0 radical (unpaired) electrons. The Morgan fingerprint density at radius 3 is 1.01 bits per heavy atom. The maximum atomic E-state index is 13.0. The van der Waals surface area contributed by atoms with Crippen molar-refractivity contribution in [3.05, 3.63) is 12.2 Å². The number of aliphatic hydroxyl groups is 1. The van der Waals surface area contributed by atoms with Gasteiger partial charge in [-0.3, -0.25) is 9.36 Å². The third kappa shape index (κ3) is 58.9. The molecule has 0 fully saturated rings. The van der Waals surface area contributed by atoms with E-state index in [2.05, 4.69) is 19.2 Å². The summed E-state index contributed by atoms with van der Waals surface area (Å²) in [5.41, 5.74) is 0. The number of phosphoric ester groups is 1. The fraction of sp³-hybridized carbons (Fsp3) is 0.954. The minimum absolute atomic E-state index is 0.00257. The second-order valence-corrected chi connectivity index (χ2v) is 25.6. The Balaban J connectivity index is 3.85. The number of hydrogen-bond acceptors (Lipinski definition) is 6. The molecule has 0 heterocycles. The molecule has 0 aliphatic carbocycles. The van der Waals surface area contributed by atoms with Crippen LogP contribution >= 0.6 is 7.82 Å². The van der Waals surface area contributed by atoms with Gasteiger partial charge < -0.3 is 28.8 Å². The van der Waals surface area contributed by atoms with Crippen molar-refractivity contribution in [1.82, 2.24) is 5.32 Å². The first kappa shape index (κ1) is 73.2. The summed E-state index contributed by atoms with van der Waals surface area (Å²) in [5, 5.41) is 13.9. The molecular weight excluding hydrogens is 936 g/mol. The molecule has 0 saturated heterocycles. The number of quaternary nitrogens is 1. The maximum Gasteiger partial charge on any atom is 0.268 e. The largest absolute Gasteiger partial charge is 0.756 e. The topological polar surface area (TPSA) is 108 Å². The van der Waals surface area contributed by atoms with E-state index in [4.69, 9.17) is 9.05 Å². The molecule has 74 heavy (non-hydrogen) atoms. The van der Waals surface area contributed by atoms with Crippen LogP contribution in [0.5, 0.6) is 0 Å². The van der Waals surface area contributed by atoms with Crippen LogP contribution in [-0.2, 0) is 18.4 Å². The molecule has 3 unspecified atom stereocenters. The maximum absolute atomic E-state index is 13.0. The van der Waals surface area contributed by atoms with Crippen LogP contribution < -0.4 is 10.2 Å². The zero-order valence-electron chi connectivity index (χ0n) is 50.6. The Labute approximate surface area is 462 Å². The molecule has 0 spiro atoms. The summed E-state index contributed by atoms with van der Waals surface area (Å²) in [6.07, 6.45) is 72.0. The first-order chi connectivity index (χ1) is 36.0. The Morgan fingerprint density at radius 1 is 0.459 bits per heavy atom. The molecule has 0 aromatic carbocycles. The van der Waals surface area contributed by atoms with Gasteiger partial charge in [0.05, 0.1) is 39.9 Å². The van der Waals surface area contributed by atoms with E-state index < -0.39 is 20.0 Å². The Kier molecular flexibility index (Phi) is 56.4. The number of nitrogens with zero attached hydrogens (tertiary/aromatic N) is 1. The van der Waals surface area contributed by atoms with Gasteiger partial charge in [-0.25, -0.2) is 0 Å². The van der Waals surface area contributed by atoms with Crippen LogP contribution in [0.4, 0.5) is 0 Å². The van der Waals surface area contributed by atoms with Gasteiger partial charge in [-0.05, 0) is 19.3 Å². The van der Waals surface area contributed by atoms with Crippen LogP contribution in [0.25, 0.3) is 0 Å². The normalized spacial score (nSPS) is 13.8. The van der Waals surface area contributed by atoms with E-state index in [-0.39, 0.29) is 19.1 Å². The Hall–Kier alpha value is -0.760. The van der Waals surface area contributed by atoms with Gasteiger partial charge in [0, 0.05) is 6.42 Å². The van der Waals surface area contributed by atoms with E-state index in [1.807, 2.05) is 27.2 Å². The number of unbranched alkanes of at least 4 members (excludes halogenated alkanes) is 49. The lowest BCUT2D eigenvalue weighted by molar-refractivity contribution is -0.870. The summed E-state index contributed by atoms with van der Waals surface area (Å²) in [5.74, 6) is -0.190. The van der Waals surface area contributed by atoms with Gasteiger partial charge in [0.15, 0.2) is 0 Å². The van der Waals surface area contributed by atoms with Crippen LogP contribution in [0, 0.1) is 0 Å². The number of nitrogens with one attached hydrogen (secondary N) is 1. The van der Waals surface area contributed by atoms with E-state index in [1.165, 1.54) is 289 Å². The molecule has 2 N–H and O–H groups in total. The average molecular weight is 1070 g/mol. The number of likely N-dealkylation sites (N-methyl/N-ethyl adjacent to an activating group) is 1. The van der Waals surface area contributed by atoms with E-state index >= 15 is 0 Å². The van der Waals surface area contributed by atoms with Crippen molar-refractivity contribution in [3.8, 4) is 0 Å². The molecule has 0 aliphatic heterocycles. The predicted molar refractivity (Wildman–Crippen MR) is 321 cm³/mol. The number of carbonyl (C=O) groups excluding carboxylic acids is 1. The quantitative estimate of drug-likeness (QED) is 0.0272. The predicted octanol–water partition coefficient (Wildman–Crippen LogP) is 19.9. The monoisotopic (exact) mass is 1070 g/mol. The fourth-order valence-electron chi connectivity index (χ4n) is 10.3. The molecule has 1 amide bonds. The van der Waals surface area contributed by atoms with Crippen molar-refractivity contribution in [2.75, 3.05) is 40.9 Å². The number of amides is 1. The van der Waals surface area contributed by atoms with Gasteiger partial charge in [-0.1, -0.05) is 334 Å². The van der Waals surface area contributed by atoms with Gasteiger partial charge >= 0.3 is 0 Å². The lowest BCUT2D eigenvalue weighted by Gasteiger charge is -2.29. The first-order valence-corrected chi connectivity index (χ1v) is 34.5. The molecule has 9 heteroatoms. The van der Waals surface area contributed by atoms with Gasteiger partial charge in [-0.2, -0.15) is 0 Å². The Bertz CT molecular complexity index is 1210. The summed E-state index contributed by atoms with van der Waals surface area (Å²) >= 11 is 0. The molecule has 0 aromatic rings. The number of allylic oxidation sites excluding steroid dienone is 1. The summed E-state index contributed by atoms with van der Waals surface area (Å²) in [6, 6.07) is -0.882. The second-order valence-electron chi connectivity index (χ2n) is 24.2. The standard InChI is InChI=1S/C65H131N2O6P/c1-6-8-10-12-14-16-18-20-22-23-24-25-26-27-28-29-30-31-32-33-34-35-36-37-38-39-40-41-42-43-44-45-47-49-51-53-55-57-59-65(69)66-63(62-73-74(70,71)72-61-60-67(3,4)5)64(68)58-56-54-52-50-48-46-21-19-17-15-13-11-9-7-2/h56,58,63-64,68H,6-55,57,59-62H2,1-5H3,(H-,66,69,70,71)/b58-56+.